The highest BCUT2D eigenvalue weighted by Crippen LogP contribution is 2.29. The van der Waals surface area contributed by atoms with E-state index >= 15 is 0 Å². The molecule has 1 saturated heterocycles. The highest BCUT2D eigenvalue weighted by molar-refractivity contribution is 7.18. The van der Waals surface area contributed by atoms with Gasteiger partial charge in [0.25, 0.3) is 0 Å². The van der Waals surface area contributed by atoms with Gasteiger partial charge in [-0.2, -0.15) is 0 Å². The van der Waals surface area contributed by atoms with Gasteiger partial charge in [0.15, 0.2) is 0 Å². The predicted molar refractivity (Wildman–Crippen MR) is 86.3 cm³/mol. The van der Waals surface area contributed by atoms with E-state index in [1.165, 1.54) is 29.1 Å². The van der Waals surface area contributed by atoms with Gasteiger partial charge in [0.1, 0.15) is 5.01 Å². The monoisotopic (exact) mass is 289 g/mol. The normalized spacial score (nSPS) is 20.9. The Balaban J connectivity index is 1.76. The molecular weight excluding hydrogens is 266 g/mol. The highest BCUT2D eigenvalue weighted by atomic mass is 32.1. The summed E-state index contributed by atoms with van der Waals surface area (Å²) in [5.41, 5.74) is 1.13. The van der Waals surface area contributed by atoms with E-state index in [-0.39, 0.29) is 0 Å². The molecule has 1 aromatic carbocycles. The second-order valence-electron chi connectivity index (χ2n) is 5.58. The Bertz CT molecular complexity index is 527. The Morgan fingerprint density at radius 1 is 1.45 bits per heavy atom. The van der Waals surface area contributed by atoms with Crippen molar-refractivity contribution in [3.8, 4) is 0 Å². The summed E-state index contributed by atoms with van der Waals surface area (Å²) < 4.78 is 1.30. The van der Waals surface area contributed by atoms with Crippen molar-refractivity contribution in [2.45, 2.75) is 38.8 Å². The second-order valence-corrected chi connectivity index (χ2v) is 6.64. The van der Waals surface area contributed by atoms with Gasteiger partial charge in [-0.1, -0.05) is 19.1 Å². The van der Waals surface area contributed by atoms with E-state index < -0.39 is 0 Å². The Morgan fingerprint density at radius 2 is 2.30 bits per heavy atom. The quantitative estimate of drug-likeness (QED) is 0.914. The molecule has 1 aromatic heterocycles. The van der Waals surface area contributed by atoms with Gasteiger partial charge in [0.2, 0.25) is 0 Å². The van der Waals surface area contributed by atoms with Crippen LogP contribution < -0.4 is 5.32 Å². The van der Waals surface area contributed by atoms with Gasteiger partial charge in [-0.25, -0.2) is 4.98 Å². The van der Waals surface area contributed by atoms with E-state index in [1.807, 2.05) is 11.3 Å². The second kappa shape index (κ2) is 6.20. The summed E-state index contributed by atoms with van der Waals surface area (Å²) in [6.45, 7) is 7.93. The van der Waals surface area contributed by atoms with Crippen molar-refractivity contribution in [3.63, 3.8) is 0 Å². The van der Waals surface area contributed by atoms with Crippen LogP contribution in [0.25, 0.3) is 10.2 Å². The van der Waals surface area contributed by atoms with Gasteiger partial charge in [0, 0.05) is 12.6 Å². The first-order valence-electron chi connectivity index (χ1n) is 7.61. The SMILES string of the molecule is CCN(CC1CCCN1)C(C)c1nc2ccccc2s1. The van der Waals surface area contributed by atoms with Crippen LogP contribution in [-0.4, -0.2) is 35.6 Å². The molecule has 0 spiro atoms. The lowest BCUT2D eigenvalue weighted by molar-refractivity contribution is 0.202. The van der Waals surface area contributed by atoms with E-state index in [0.717, 1.165) is 18.6 Å². The molecule has 3 rings (SSSR count). The molecule has 2 atom stereocenters. The summed E-state index contributed by atoms with van der Waals surface area (Å²) in [6, 6.07) is 9.49. The number of nitrogens with zero attached hydrogens (tertiary/aromatic N) is 2. The molecule has 20 heavy (non-hydrogen) atoms. The lowest BCUT2D eigenvalue weighted by Crippen LogP contribution is -2.38. The lowest BCUT2D eigenvalue weighted by Gasteiger charge is -2.29. The summed E-state index contributed by atoms with van der Waals surface area (Å²) in [6.07, 6.45) is 2.63. The van der Waals surface area contributed by atoms with Gasteiger partial charge in [-0.15, -0.1) is 11.3 Å². The number of aromatic nitrogens is 1. The van der Waals surface area contributed by atoms with Crippen LogP contribution in [0.15, 0.2) is 24.3 Å². The fraction of sp³-hybridized carbons (Fsp3) is 0.562. The number of para-hydroxylation sites is 1. The molecule has 2 aromatic rings. The minimum absolute atomic E-state index is 0.403. The molecule has 3 nitrogen and oxygen atoms in total. The van der Waals surface area contributed by atoms with Crippen molar-refractivity contribution in [1.29, 1.82) is 0 Å². The Hall–Kier alpha value is -0.970. The maximum absolute atomic E-state index is 4.81. The standard InChI is InChI=1S/C16H23N3S/c1-3-19(11-13-7-6-10-17-13)12(2)16-18-14-8-4-5-9-15(14)20-16/h4-5,8-9,12-13,17H,3,6-7,10-11H2,1-2H3. The molecule has 108 valence electrons. The highest BCUT2D eigenvalue weighted by Gasteiger charge is 2.23. The number of thiazole rings is 1. The van der Waals surface area contributed by atoms with Crippen molar-refractivity contribution in [1.82, 2.24) is 15.2 Å². The number of hydrogen-bond acceptors (Lipinski definition) is 4. The van der Waals surface area contributed by atoms with Gasteiger partial charge < -0.3 is 5.32 Å². The summed E-state index contributed by atoms with van der Waals surface area (Å²) in [5, 5.41) is 4.84. The Morgan fingerprint density at radius 3 is 3.00 bits per heavy atom. The first-order valence-corrected chi connectivity index (χ1v) is 8.42. The molecule has 2 heterocycles. The maximum atomic E-state index is 4.81. The number of benzene rings is 1. The number of nitrogens with one attached hydrogen (secondary N) is 1. The summed E-state index contributed by atoms with van der Waals surface area (Å²) in [7, 11) is 0. The van der Waals surface area contributed by atoms with Crippen molar-refractivity contribution < 1.29 is 0 Å². The molecule has 1 fully saturated rings. The maximum Gasteiger partial charge on any atom is 0.111 e. The number of rotatable bonds is 5. The van der Waals surface area contributed by atoms with Crippen LogP contribution in [0.4, 0.5) is 0 Å². The molecule has 0 bridgehead atoms. The lowest BCUT2D eigenvalue weighted by atomic mass is 10.2. The predicted octanol–water partition coefficient (Wildman–Crippen LogP) is 3.43. The van der Waals surface area contributed by atoms with Gasteiger partial charge in [-0.05, 0) is 45.0 Å². The summed E-state index contributed by atoms with van der Waals surface area (Å²) in [5.74, 6) is 0. The first-order chi connectivity index (χ1) is 9.78. The van der Waals surface area contributed by atoms with Crippen LogP contribution in [0.3, 0.4) is 0 Å². The van der Waals surface area contributed by atoms with Gasteiger partial charge in [0.05, 0.1) is 16.3 Å². The third kappa shape index (κ3) is 2.87. The minimum atomic E-state index is 0.403. The molecule has 0 saturated carbocycles. The molecule has 0 aliphatic carbocycles. The molecule has 4 heteroatoms. The average Bonchev–Trinajstić information content (AvgIpc) is 3.12. The van der Waals surface area contributed by atoms with Crippen molar-refractivity contribution in [2.75, 3.05) is 19.6 Å². The van der Waals surface area contributed by atoms with Crippen LogP contribution in [0.2, 0.25) is 0 Å². The Kier molecular flexibility index (Phi) is 4.34. The summed E-state index contributed by atoms with van der Waals surface area (Å²) in [4.78, 5) is 7.35. The zero-order valence-electron chi connectivity index (χ0n) is 12.3. The van der Waals surface area contributed by atoms with Crippen LogP contribution in [0.1, 0.15) is 37.7 Å². The smallest absolute Gasteiger partial charge is 0.111 e. The number of fused-ring (bicyclic) bond motifs is 1. The third-order valence-electron chi connectivity index (χ3n) is 4.24. The summed E-state index contributed by atoms with van der Waals surface area (Å²) >= 11 is 1.83. The van der Waals surface area contributed by atoms with E-state index in [0.29, 0.717) is 12.1 Å². The topological polar surface area (TPSA) is 28.2 Å². The number of hydrogen-bond donors (Lipinski definition) is 1. The molecule has 0 amide bonds. The van der Waals surface area contributed by atoms with Gasteiger partial charge in [-0.3, -0.25) is 4.90 Å². The van der Waals surface area contributed by atoms with E-state index in [9.17, 15) is 0 Å². The van der Waals surface area contributed by atoms with Crippen molar-refractivity contribution in [2.24, 2.45) is 0 Å². The largest absolute Gasteiger partial charge is 0.313 e. The fourth-order valence-corrected chi connectivity index (χ4v) is 4.04. The average molecular weight is 289 g/mol. The molecule has 1 N–H and O–H groups in total. The molecule has 1 aliphatic heterocycles. The third-order valence-corrected chi connectivity index (χ3v) is 5.45. The zero-order valence-corrected chi connectivity index (χ0v) is 13.1. The fourth-order valence-electron chi connectivity index (χ4n) is 2.98. The molecule has 0 radical (unpaired) electrons. The van der Waals surface area contributed by atoms with Crippen LogP contribution in [-0.2, 0) is 0 Å². The van der Waals surface area contributed by atoms with Crippen LogP contribution in [0.5, 0.6) is 0 Å². The van der Waals surface area contributed by atoms with Crippen LogP contribution >= 0.6 is 11.3 Å². The molecule has 2 unspecified atom stereocenters. The molecule has 1 aliphatic rings. The molecular formula is C16H23N3S. The van der Waals surface area contributed by atoms with Crippen LogP contribution in [0, 0.1) is 0 Å². The first kappa shape index (κ1) is 14.0. The van der Waals surface area contributed by atoms with Crippen molar-refractivity contribution >= 4 is 21.6 Å². The van der Waals surface area contributed by atoms with Gasteiger partial charge >= 0.3 is 0 Å². The number of likely N-dealkylation sites (N-methyl/N-ethyl adjacent to an activating group) is 1. The van der Waals surface area contributed by atoms with E-state index in [1.54, 1.807) is 0 Å². The zero-order chi connectivity index (χ0) is 13.9. The van der Waals surface area contributed by atoms with E-state index in [2.05, 4.69) is 48.3 Å². The minimum Gasteiger partial charge on any atom is -0.313 e. The van der Waals surface area contributed by atoms with Crippen molar-refractivity contribution in [3.05, 3.63) is 29.3 Å². The van der Waals surface area contributed by atoms with E-state index in [4.69, 9.17) is 4.98 Å². The Labute approximate surface area is 125 Å².